The summed E-state index contributed by atoms with van der Waals surface area (Å²) in [6, 6.07) is 18.1. The maximum absolute atomic E-state index is 12.7. The summed E-state index contributed by atoms with van der Waals surface area (Å²) in [7, 11) is 1.91. The molecule has 0 saturated carbocycles. The molecule has 5 N–H and O–H groups in total. The number of benzene rings is 2. The Bertz CT molecular complexity index is 1470. The van der Waals surface area contributed by atoms with Gasteiger partial charge in [0.05, 0.1) is 24.0 Å². The van der Waals surface area contributed by atoms with E-state index in [1.165, 1.54) is 0 Å². The molecule has 39 heavy (non-hydrogen) atoms. The number of ether oxygens (including phenoxy) is 1. The molecule has 1 amide bonds. The Morgan fingerprint density at radius 2 is 1.90 bits per heavy atom. The van der Waals surface area contributed by atoms with Crippen LogP contribution in [0.2, 0.25) is 0 Å². The number of nitrogens with zero attached hydrogens (tertiary/aromatic N) is 4. The molecule has 4 aromatic rings. The fourth-order valence-electron chi connectivity index (χ4n) is 4.07. The summed E-state index contributed by atoms with van der Waals surface area (Å²) in [6.07, 6.45) is 1.99. The molecular weight excluding hydrogens is 498 g/mol. The first-order chi connectivity index (χ1) is 18.8. The van der Waals surface area contributed by atoms with Crippen LogP contribution in [0, 0.1) is 0 Å². The summed E-state index contributed by atoms with van der Waals surface area (Å²) in [4.78, 5) is 33.8. The minimum atomic E-state index is -0.379. The van der Waals surface area contributed by atoms with Crippen molar-refractivity contribution >= 4 is 34.4 Å². The van der Waals surface area contributed by atoms with Crippen LogP contribution in [-0.2, 0) is 29.5 Å². The third kappa shape index (κ3) is 7.10. The van der Waals surface area contributed by atoms with Gasteiger partial charge in [0.2, 0.25) is 0 Å². The van der Waals surface area contributed by atoms with Gasteiger partial charge in [-0.25, -0.2) is 4.98 Å². The minimum absolute atomic E-state index is 0.0443. The number of oxime groups is 1. The van der Waals surface area contributed by atoms with E-state index >= 15 is 0 Å². The second-order valence-electron chi connectivity index (χ2n) is 9.04. The lowest BCUT2D eigenvalue weighted by Gasteiger charge is -2.13. The Morgan fingerprint density at radius 1 is 1.13 bits per heavy atom. The molecule has 0 aliphatic rings. The molecule has 2 heterocycles. The van der Waals surface area contributed by atoms with Gasteiger partial charge in [-0.05, 0) is 61.5 Å². The monoisotopic (exact) mass is 529 g/mol. The second kappa shape index (κ2) is 12.5. The number of fused-ring (bicyclic) bond motifs is 1. The van der Waals surface area contributed by atoms with E-state index in [4.69, 9.17) is 15.7 Å². The number of carbonyl (C=O) groups excluding carboxylic acids is 2. The molecular formula is C28H31N7O4. The number of esters is 1. The van der Waals surface area contributed by atoms with Crippen molar-refractivity contribution in [1.82, 2.24) is 19.9 Å². The van der Waals surface area contributed by atoms with Crippen LogP contribution < -0.4 is 16.4 Å². The standard InChI is InChI=1S/C28H31N7O4/c1-18(15-22-5-3-4-13-30-22)39-26(36)12-14-31-28(37)20-8-11-24-23(16-20)33-25(35(24)2)17-32-21-9-6-19(7-10-21)27(29)34-38/h3-11,13,16,18,32,38H,12,14-15,17H2,1-2H3,(H2,29,34)(H,31,37). The number of pyridine rings is 1. The lowest BCUT2D eigenvalue weighted by molar-refractivity contribution is -0.147. The summed E-state index contributed by atoms with van der Waals surface area (Å²) < 4.78 is 7.38. The van der Waals surface area contributed by atoms with Gasteiger partial charge >= 0.3 is 5.97 Å². The Labute approximate surface area is 225 Å². The Kier molecular flexibility index (Phi) is 8.72. The number of carbonyl (C=O) groups is 2. The van der Waals surface area contributed by atoms with E-state index in [-0.39, 0.29) is 36.8 Å². The summed E-state index contributed by atoms with van der Waals surface area (Å²) in [5.41, 5.74) is 9.94. The molecule has 0 radical (unpaired) electrons. The molecule has 0 saturated heterocycles. The van der Waals surface area contributed by atoms with Gasteiger partial charge in [0, 0.05) is 48.7 Å². The van der Waals surface area contributed by atoms with Gasteiger partial charge in [-0.2, -0.15) is 0 Å². The number of imidazole rings is 1. The Morgan fingerprint density at radius 3 is 2.62 bits per heavy atom. The number of aromatic nitrogens is 3. The summed E-state index contributed by atoms with van der Waals surface area (Å²) >= 11 is 0. The maximum atomic E-state index is 12.7. The molecule has 1 atom stereocenters. The zero-order valence-corrected chi connectivity index (χ0v) is 21.8. The van der Waals surface area contributed by atoms with E-state index in [0.717, 1.165) is 22.7 Å². The number of amides is 1. The van der Waals surface area contributed by atoms with E-state index in [2.05, 4.69) is 25.8 Å². The lowest BCUT2D eigenvalue weighted by Crippen LogP contribution is -2.27. The molecule has 0 fully saturated rings. The number of amidine groups is 1. The molecule has 11 nitrogen and oxygen atoms in total. The Hall–Kier alpha value is -4.93. The topological polar surface area (TPSA) is 157 Å². The number of hydrogen-bond acceptors (Lipinski definition) is 8. The van der Waals surface area contributed by atoms with Gasteiger partial charge in [-0.15, -0.1) is 0 Å². The van der Waals surface area contributed by atoms with Gasteiger partial charge in [0.25, 0.3) is 5.91 Å². The predicted octanol–water partition coefficient (Wildman–Crippen LogP) is 2.97. The van der Waals surface area contributed by atoms with Crippen LogP contribution in [0.1, 0.15) is 40.8 Å². The molecule has 0 bridgehead atoms. The van der Waals surface area contributed by atoms with E-state index in [0.29, 0.717) is 29.6 Å². The summed E-state index contributed by atoms with van der Waals surface area (Å²) in [6.45, 7) is 2.44. The van der Waals surface area contributed by atoms with Crippen LogP contribution in [0.15, 0.2) is 72.0 Å². The highest BCUT2D eigenvalue weighted by Crippen LogP contribution is 2.18. The second-order valence-corrected chi connectivity index (χ2v) is 9.04. The van der Waals surface area contributed by atoms with E-state index in [9.17, 15) is 9.59 Å². The summed E-state index contributed by atoms with van der Waals surface area (Å²) in [5, 5.41) is 17.8. The van der Waals surface area contributed by atoms with Gasteiger partial charge in [-0.1, -0.05) is 11.2 Å². The third-order valence-electron chi connectivity index (χ3n) is 6.14. The third-order valence-corrected chi connectivity index (χ3v) is 6.14. The van der Waals surface area contributed by atoms with Crippen LogP contribution >= 0.6 is 0 Å². The number of nitrogens with two attached hydrogens (primary N) is 1. The van der Waals surface area contributed by atoms with Gasteiger partial charge < -0.3 is 30.9 Å². The smallest absolute Gasteiger partial charge is 0.307 e. The van der Waals surface area contributed by atoms with Crippen LogP contribution in [0.25, 0.3) is 11.0 Å². The first-order valence-corrected chi connectivity index (χ1v) is 12.5. The summed E-state index contributed by atoms with van der Waals surface area (Å²) in [5.74, 6) is 0.159. The highest BCUT2D eigenvalue weighted by Gasteiger charge is 2.14. The molecule has 2 aromatic carbocycles. The minimum Gasteiger partial charge on any atom is -0.462 e. The molecule has 4 rings (SSSR count). The van der Waals surface area contributed by atoms with Crippen LogP contribution in [0.3, 0.4) is 0 Å². The highest BCUT2D eigenvalue weighted by molar-refractivity contribution is 5.98. The predicted molar refractivity (Wildman–Crippen MR) is 147 cm³/mol. The molecule has 11 heteroatoms. The zero-order valence-electron chi connectivity index (χ0n) is 21.8. The van der Waals surface area contributed by atoms with E-state index in [1.807, 2.05) is 54.9 Å². The lowest BCUT2D eigenvalue weighted by atomic mass is 10.2. The molecule has 1 unspecified atom stereocenters. The molecule has 0 spiro atoms. The number of nitrogens with one attached hydrogen (secondary N) is 2. The largest absolute Gasteiger partial charge is 0.462 e. The number of anilines is 1. The number of rotatable bonds is 11. The fourth-order valence-corrected chi connectivity index (χ4v) is 4.07. The Balaban J connectivity index is 1.28. The number of aryl methyl sites for hydroxylation is 1. The van der Waals surface area contributed by atoms with Crippen molar-refractivity contribution in [2.75, 3.05) is 11.9 Å². The van der Waals surface area contributed by atoms with Crippen LogP contribution in [0.5, 0.6) is 0 Å². The molecule has 2 aromatic heterocycles. The normalized spacial score (nSPS) is 12.2. The van der Waals surface area contributed by atoms with Gasteiger partial charge in [0.1, 0.15) is 11.9 Å². The van der Waals surface area contributed by atoms with Crippen molar-refractivity contribution in [3.05, 3.63) is 89.5 Å². The highest BCUT2D eigenvalue weighted by atomic mass is 16.5. The van der Waals surface area contributed by atoms with E-state index in [1.54, 1.807) is 30.5 Å². The maximum Gasteiger partial charge on any atom is 0.307 e. The van der Waals surface area contributed by atoms with Crippen molar-refractivity contribution in [1.29, 1.82) is 0 Å². The van der Waals surface area contributed by atoms with E-state index < -0.39 is 0 Å². The van der Waals surface area contributed by atoms with Crippen molar-refractivity contribution in [2.45, 2.75) is 32.4 Å². The average Bonchev–Trinajstić information content (AvgIpc) is 3.26. The van der Waals surface area contributed by atoms with Crippen molar-refractivity contribution < 1.29 is 19.5 Å². The van der Waals surface area contributed by atoms with Crippen molar-refractivity contribution in [2.24, 2.45) is 17.9 Å². The van der Waals surface area contributed by atoms with Crippen molar-refractivity contribution in [3.63, 3.8) is 0 Å². The fraction of sp³-hybridized carbons (Fsp3) is 0.250. The first kappa shape index (κ1) is 27.1. The molecule has 0 aliphatic heterocycles. The van der Waals surface area contributed by atoms with Crippen LogP contribution in [-0.4, -0.2) is 50.1 Å². The molecule has 202 valence electrons. The average molecular weight is 530 g/mol. The first-order valence-electron chi connectivity index (χ1n) is 12.5. The van der Waals surface area contributed by atoms with Crippen molar-refractivity contribution in [3.8, 4) is 0 Å². The zero-order chi connectivity index (χ0) is 27.8. The quantitative estimate of drug-likeness (QED) is 0.0759. The van der Waals surface area contributed by atoms with Gasteiger partial charge in [0.15, 0.2) is 5.84 Å². The van der Waals surface area contributed by atoms with Gasteiger partial charge in [-0.3, -0.25) is 14.6 Å². The number of hydrogen-bond donors (Lipinski definition) is 4. The molecule has 0 aliphatic carbocycles. The SMILES string of the molecule is CC(Cc1ccccn1)OC(=O)CCNC(=O)c1ccc2c(c1)nc(CNc1ccc(C(N)=NO)cc1)n2C. The van der Waals surface area contributed by atoms with Crippen LogP contribution in [0.4, 0.5) is 5.69 Å².